The van der Waals surface area contributed by atoms with Crippen molar-refractivity contribution in [2.24, 2.45) is 4.99 Å². The fourth-order valence-corrected chi connectivity index (χ4v) is 4.77. The Balaban J connectivity index is 1.49. The van der Waals surface area contributed by atoms with E-state index in [4.69, 9.17) is 9.47 Å². The molecule has 1 saturated heterocycles. The molecule has 0 radical (unpaired) electrons. The molecule has 164 valence electrons. The van der Waals surface area contributed by atoms with Gasteiger partial charge in [0, 0.05) is 12.2 Å². The normalized spacial score (nSPS) is 21.4. The average molecular weight is 444 g/mol. The minimum absolute atomic E-state index is 0.0600. The Labute approximate surface area is 181 Å². The molecule has 1 unspecified atom stereocenters. The van der Waals surface area contributed by atoms with Gasteiger partial charge in [0.25, 0.3) is 10.0 Å². The lowest BCUT2D eigenvalue weighted by Gasteiger charge is -2.17. The molecule has 0 bridgehead atoms. The van der Waals surface area contributed by atoms with Crippen LogP contribution in [0.4, 0.5) is 5.69 Å². The Morgan fingerprint density at radius 1 is 1.32 bits per heavy atom. The topological polar surface area (TPSA) is 106 Å². The Bertz CT molecular complexity index is 1120. The number of sulfonamides is 1. The number of anilines is 1. The maximum Gasteiger partial charge on any atom is 0.263 e. The third-order valence-corrected chi connectivity index (χ3v) is 6.61. The van der Waals surface area contributed by atoms with Crippen molar-refractivity contribution in [3.63, 3.8) is 0 Å². The Morgan fingerprint density at radius 3 is 2.90 bits per heavy atom. The summed E-state index contributed by atoms with van der Waals surface area (Å²) in [5, 5.41) is 2.84. The fraction of sp³-hybridized carbons (Fsp3) is 0.364. The van der Waals surface area contributed by atoms with E-state index in [2.05, 4.69) is 15.0 Å². The first-order valence-electron chi connectivity index (χ1n) is 10.2. The standard InChI is InChI=1S/C22H25N3O5S/c1-14-9-10-18(19(12-14)30-13-16-6-5-11-29-16)24-22(26)15(2)23-21-17-7-3-4-8-20(17)31(27,28)25-21/h3-4,7-10,12,15-16H,5-6,11,13H2,1-2H3,(H,23,25)(H,24,26)/t15-,16?/m0/s1. The number of benzene rings is 2. The molecule has 0 aromatic heterocycles. The first kappa shape index (κ1) is 21.3. The predicted octanol–water partition coefficient (Wildman–Crippen LogP) is 2.62. The van der Waals surface area contributed by atoms with Gasteiger partial charge in [0.15, 0.2) is 0 Å². The third kappa shape index (κ3) is 4.72. The number of amidine groups is 1. The first-order chi connectivity index (χ1) is 14.8. The number of carbonyl (C=O) groups is 1. The molecular weight excluding hydrogens is 418 g/mol. The van der Waals surface area contributed by atoms with Gasteiger partial charge < -0.3 is 14.8 Å². The highest BCUT2D eigenvalue weighted by atomic mass is 32.2. The number of ether oxygens (including phenoxy) is 2. The van der Waals surface area contributed by atoms with Crippen molar-refractivity contribution in [2.75, 3.05) is 18.5 Å². The molecule has 0 spiro atoms. The number of fused-ring (bicyclic) bond motifs is 1. The van der Waals surface area contributed by atoms with Gasteiger partial charge in [-0.3, -0.25) is 14.5 Å². The number of aryl methyl sites for hydroxylation is 1. The summed E-state index contributed by atoms with van der Waals surface area (Å²) in [6.07, 6.45) is 2.04. The van der Waals surface area contributed by atoms with Crippen molar-refractivity contribution in [3.05, 3.63) is 53.6 Å². The summed E-state index contributed by atoms with van der Waals surface area (Å²) in [5.74, 6) is 0.356. The van der Waals surface area contributed by atoms with Crippen LogP contribution in [0.15, 0.2) is 52.4 Å². The van der Waals surface area contributed by atoms with Gasteiger partial charge in [-0.05, 0) is 56.5 Å². The number of nitrogens with zero attached hydrogens (tertiary/aromatic N) is 1. The van der Waals surface area contributed by atoms with Gasteiger partial charge in [-0.1, -0.05) is 18.2 Å². The number of carbonyl (C=O) groups excluding carboxylic acids is 1. The molecule has 31 heavy (non-hydrogen) atoms. The van der Waals surface area contributed by atoms with Gasteiger partial charge in [0.05, 0.1) is 16.7 Å². The maximum absolute atomic E-state index is 12.8. The van der Waals surface area contributed by atoms with Crippen molar-refractivity contribution >= 4 is 27.5 Å². The monoisotopic (exact) mass is 443 g/mol. The molecule has 1 fully saturated rings. The zero-order valence-electron chi connectivity index (χ0n) is 17.4. The summed E-state index contributed by atoms with van der Waals surface area (Å²) < 4.78 is 38.4. The van der Waals surface area contributed by atoms with Crippen molar-refractivity contribution in [1.29, 1.82) is 0 Å². The highest BCUT2D eigenvalue weighted by molar-refractivity contribution is 7.90. The molecule has 9 heteroatoms. The lowest BCUT2D eigenvalue weighted by molar-refractivity contribution is -0.117. The molecule has 2 aliphatic heterocycles. The second kappa shape index (κ2) is 8.68. The molecule has 2 aliphatic rings. The van der Waals surface area contributed by atoms with Gasteiger partial charge in [-0.25, -0.2) is 8.42 Å². The Hall–Kier alpha value is -2.91. The van der Waals surface area contributed by atoms with Crippen LogP contribution in [0.3, 0.4) is 0 Å². The highest BCUT2D eigenvalue weighted by Crippen LogP contribution is 2.28. The second-order valence-electron chi connectivity index (χ2n) is 7.69. The summed E-state index contributed by atoms with van der Waals surface area (Å²) in [6, 6.07) is 11.2. The summed E-state index contributed by atoms with van der Waals surface area (Å²) in [4.78, 5) is 17.3. The fourth-order valence-electron chi connectivity index (χ4n) is 3.53. The first-order valence-corrected chi connectivity index (χ1v) is 11.7. The second-order valence-corrected chi connectivity index (χ2v) is 9.34. The van der Waals surface area contributed by atoms with Crippen molar-refractivity contribution in [3.8, 4) is 5.75 Å². The van der Waals surface area contributed by atoms with E-state index >= 15 is 0 Å². The number of hydrogen-bond acceptors (Lipinski definition) is 6. The van der Waals surface area contributed by atoms with E-state index < -0.39 is 16.1 Å². The van der Waals surface area contributed by atoms with E-state index in [1.807, 2.05) is 19.1 Å². The lowest BCUT2D eigenvalue weighted by atomic mass is 10.2. The van der Waals surface area contributed by atoms with E-state index in [1.165, 1.54) is 6.07 Å². The van der Waals surface area contributed by atoms with Gasteiger partial charge in [0.2, 0.25) is 5.91 Å². The van der Waals surface area contributed by atoms with E-state index in [-0.39, 0.29) is 22.7 Å². The SMILES string of the molecule is Cc1ccc(NC(=O)[C@H](C)N=C2NS(=O)(=O)c3ccccc32)c(OCC2CCCO2)c1. The van der Waals surface area contributed by atoms with Crippen LogP contribution in [0, 0.1) is 6.92 Å². The summed E-state index contributed by atoms with van der Waals surface area (Å²) in [7, 11) is -3.66. The van der Waals surface area contributed by atoms with Crippen molar-refractivity contribution in [1.82, 2.24) is 4.72 Å². The Morgan fingerprint density at radius 2 is 2.13 bits per heavy atom. The third-order valence-electron chi connectivity index (χ3n) is 5.21. The van der Waals surface area contributed by atoms with Gasteiger partial charge >= 0.3 is 0 Å². The zero-order chi connectivity index (χ0) is 22.0. The number of hydrogen-bond donors (Lipinski definition) is 2. The van der Waals surface area contributed by atoms with Crippen LogP contribution in [0.25, 0.3) is 0 Å². The number of aliphatic imine (C=N–C) groups is 1. The van der Waals surface area contributed by atoms with E-state index in [1.54, 1.807) is 31.2 Å². The lowest BCUT2D eigenvalue weighted by Crippen LogP contribution is -2.29. The average Bonchev–Trinajstić information content (AvgIpc) is 3.34. The van der Waals surface area contributed by atoms with Crippen LogP contribution in [-0.2, 0) is 19.6 Å². The van der Waals surface area contributed by atoms with Crippen molar-refractivity contribution < 1.29 is 22.7 Å². The zero-order valence-corrected chi connectivity index (χ0v) is 18.2. The predicted molar refractivity (Wildman–Crippen MR) is 117 cm³/mol. The number of nitrogens with one attached hydrogen (secondary N) is 2. The molecule has 2 atom stereocenters. The van der Waals surface area contributed by atoms with Gasteiger partial charge in [-0.2, -0.15) is 0 Å². The molecule has 2 N–H and O–H groups in total. The molecular formula is C22H25N3O5S. The molecule has 2 aromatic carbocycles. The van der Waals surface area contributed by atoms with Crippen molar-refractivity contribution in [2.45, 2.75) is 43.7 Å². The molecule has 0 saturated carbocycles. The molecule has 2 heterocycles. The summed E-state index contributed by atoms with van der Waals surface area (Å²) >= 11 is 0. The van der Waals surface area contributed by atoms with Crippen LogP contribution in [0.5, 0.6) is 5.75 Å². The smallest absolute Gasteiger partial charge is 0.263 e. The highest BCUT2D eigenvalue weighted by Gasteiger charge is 2.31. The minimum atomic E-state index is -3.66. The molecule has 2 aromatic rings. The Kier molecular flexibility index (Phi) is 5.97. The van der Waals surface area contributed by atoms with Crippen LogP contribution in [0.2, 0.25) is 0 Å². The van der Waals surface area contributed by atoms with Gasteiger partial charge in [0.1, 0.15) is 24.2 Å². The maximum atomic E-state index is 12.8. The molecule has 1 amide bonds. The number of amides is 1. The molecule has 0 aliphatic carbocycles. The minimum Gasteiger partial charge on any atom is -0.489 e. The van der Waals surface area contributed by atoms with Crippen LogP contribution in [0.1, 0.15) is 30.9 Å². The largest absolute Gasteiger partial charge is 0.489 e. The van der Waals surface area contributed by atoms with Gasteiger partial charge in [-0.15, -0.1) is 0 Å². The summed E-state index contributed by atoms with van der Waals surface area (Å²) in [6.45, 7) is 4.72. The van der Waals surface area contributed by atoms with Crippen LogP contribution >= 0.6 is 0 Å². The summed E-state index contributed by atoms with van der Waals surface area (Å²) in [5.41, 5.74) is 2.00. The van der Waals surface area contributed by atoms with E-state index in [0.29, 0.717) is 23.6 Å². The molecule has 4 rings (SSSR count). The van der Waals surface area contributed by atoms with E-state index in [9.17, 15) is 13.2 Å². The number of rotatable bonds is 6. The van der Waals surface area contributed by atoms with Crippen LogP contribution < -0.4 is 14.8 Å². The van der Waals surface area contributed by atoms with E-state index in [0.717, 1.165) is 25.0 Å². The molecule has 8 nitrogen and oxygen atoms in total. The van der Waals surface area contributed by atoms with Crippen LogP contribution in [-0.4, -0.2) is 45.5 Å². The quantitative estimate of drug-likeness (QED) is 0.714.